The molecule has 2 amide bonds. The topological polar surface area (TPSA) is 76.3 Å². The van der Waals surface area contributed by atoms with Gasteiger partial charge in [-0.15, -0.1) is 11.3 Å². The summed E-state index contributed by atoms with van der Waals surface area (Å²) in [5, 5.41) is 1.76. The predicted octanol–water partition coefficient (Wildman–Crippen LogP) is 3.45. The molecule has 2 N–H and O–H groups in total. The number of nitrogens with zero attached hydrogens (tertiary/aromatic N) is 2. The Morgan fingerprint density at radius 2 is 1.54 bits per heavy atom. The number of rotatable bonds is 8. The Balaban J connectivity index is 1.94. The van der Waals surface area contributed by atoms with Gasteiger partial charge in [0, 0.05) is 11.3 Å². The van der Waals surface area contributed by atoms with Crippen LogP contribution in [0.25, 0.3) is 0 Å². The van der Waals surface area contributed by atoms with Gasteiger partial charge in [0.15, 0.2) is 0 Å². The van der Waals surface area contributed by atoms with E-state index in [1.165, 1.54) is 16.2 Å². The number of anilines is 1. The van der Waals surface area contributed by atoms with E-state index in [9.17, 15) is 9.59 Å². The largest absolute Gasteiger partial charge is 0.368 e. The lowest BCUT2D eigenvalue weighted by atomic mass is 9.91. The standard InChI is InChI=1S/C22H23N3O2S/c1-16(21(23)26)25(20-14-28-15-24-20)22(27)19(12-17-8-4-2-5-9-17)13-18-10-6-3-7-11-18/h2-11,14-16,19H,12-13H2,1H3,(H2,23,26). The summed E-state index contributed by atoms with van der Waals surface area (Å²) >= 11 is 1.38. The van der Waals surface area contributed by atoms with Crippen molar-refractivity contribution < 1.29 is 9.59 Å². The number of hydrogen-bond donors (Lipinski definition) is 1. The molecule has 144 valence electrons. The molecule has 3 aromatic rings. The molecule has 0 aliphatic carbocycles. The highest BCUT2D eigenvalue weighted by Gasteiger charge is 2.32. The fourth-order valence-electron chi connectivity index (χ4n) is 3.20. The highest BCUT2D eigenvalue weighted by Crippen LogP contribution is 2.24. The fourth-order valence-corrected chi connectivity index (χ4v) is 3.72. The van der Waals surface area contributed by atoms with Crippen LogP contribution in [0.5, 0.6) is 0 Å². The van der Waals surface area contributed by atoms with Gasteiger partial charge in [0.2, 0.25) is 11.8 Å². The monoisotopic (exact) mass is 393 g/mol. The first-order valence-corrected chi connectivity index (χ1v) is 10.1. The summed E-state index contributed by atoms with van der Waals surface area (Å²) in [5.74, 6) is -0.579. The van der Waals surface area contributed by atoms with Crippen LogP contribution < -0.4 is 10.6 Å². The first-order valence-electron chi connectivity index (χ1n) is 9.14. The van der Waals surface area contributed by atoms with Crippen LogP contribution in [0.1, 0.15) is 18.1 Å². The summed E-state index contributed by atoms with van der Waals surface area (Å²) in [5.41, 5.74) is 9.32. The molecule has 1 atom stereocenters. The first kappa shape index (κ1) is 19.8. The van der Waals surface area contributed by atoms with E-state index in [0.29, 0.717) is 18.7 Å². The summed E-state index contributed by atoms with van der Waals surface area (Å²) in [4.78, 5) is 31.2. The van der Waals surface area contributed by atoms with E-state index in [0.717, 1.165) is 11.1 Å². The predicted molar refractivity (Wildman–Crippen MR) is 112 cm³/mol. The van der Waals surface area contributed by atoms with E-state index in [1.807, 2.05) is 60.7 Å². The lowest BCUT2D eigenvalue weighted by molar-refractivity contribution is -0.126. The molecule has 1 heterocycles. The Labute approximate surface area is 168 Å². The number of amides is 2. The number of thiazole rings is 1. The number of benzene rings is 2. The van der Waals surface area contributed by atoms with Gasteiger partial charge in [-0.3, -0.25) is 14.5 Å². The Kier molecular flexibility index (Phi) is 6.55. The van der Waals surface area contributed by atoms with Gasteiger partial charge in [0.25, 0.3) is 0 Å². The maximum atomic E-state index is 13.6. The van der Waals surface area contributed by atoms with E-state index in [1.54, 1.807) is 17.8 Å². The number of carbonyl (C=O) groups excluding carboxylic acids is 2. The minimum absolute atomic E-state index is 0.148. The zero-order chi connectivity index (χ0) is 19.9. The molecule has 0 aliphatic rings. The normalized spacial score (nSPS) is 11.9. The van der Waals surface area contributed by atoms with Gasteiger partial charge in [-0.05, 0) is 30.9 Å². The SMILES string of the molecule is CC(C(N)=O)N(C(=O)C(Cc1ccccc1)Cc1ccccc1)c1cscn1. The van der Waals surface area contributed by atoms with Gasteiger partial charge >= 0.3 is 0 Å². The minimum atomic E-state index is -0.774. The molecule has 5 nitrogen and oxygen atoms in total. The second-order valence-corrected chi connectivity index (χ2v) is 7.43. The quantitative estimate of drug-likeness (QED) is 0.637. The second kappa shape index (κ2) is 9.28. The second-order valence-electron chi connectivity index (χ2n) is 6.71. The molecule has 0 spiro atoms. The third-order valence-corrected chi connectivity index (χ3v) is 5.28. The van der Waals surface area contributed by atoms with Crippen molar-refractivity contribution in [2.75, 3.05) is 4.90 Å². The van der Waals surface area contributed by atoms with Crippen LogP contribution in [-0.2, 0) is 22.4 Å². The highest BCUT2D eigenvalue weighted by molar-refractivity contribution is 7.07. The molecule has 0 aliphatic heterocycles. The Morgan fingerprint density at radius 1 is 1.00 bits per heavy atom. The third kappa shape index (κ3) is 4.84. The van der Waals surface area contributed by atoms with Crippen molar-refractivity contribution in [3.05, 3.63) is 82.7 Å². The molecule has 0 fully saturated rings. The number of hydrogen-bond acceptors (Lipinski definition) is 4. The summed E-state index contributed by atoms with van der Waals surface area (Å²) in [6.45, 7) is 1.64. The van der Waals surface area contributed by atoms with Crippen molar-refractivity contribution in [2.45, 2.75) is 25.8 Å². The number of aromatic nitrogens is 1. The lowest BCUT2D eigenvalue weighted by Crippen LogP contribution is -2.49. The zero-order valence-corrected chi connectivity index (χ0v) is 16.5. The van der Waals surface area contributed by atoms with Crippen molar-refractivity contribution in [3.63, 3.8) is 0 Å². The number of nitrogens with two attached hydrogens (primary N) is 1. The van der Waals surface area contributed by atoms with Crippen molar-refractivity contribution in [1.29, 1.82) is 0 Å². The van der Waals surface area contributed by atoms with Gasteiger partial charge in [-0.1, -0.05) is 60.7 Å². The van der Waals surface area contributed by atoms with Crippen LogP contribution in [0.2, 0.25) is 0 Å². The van der Waals surface area contributed by atoms with Crippen LogP contribution in [0, 0.1) is 5.92 Å². The van der Waals surface area contributed by atoms with E-state index in [4.69, 9.17) is 5.73 Å². The smallest absolute Gasteiger partial charge is 0.240 e. The van der Waals surface area contributed by atoms with E-state index < -0.39 is 11.9 Å². The third-order valence-electron chi connectivity index (χ3n) is 4.70. The van der Waals surface area contributed by atoms with E-state index >= 15 is 0 Å². The van der Waals surface area contributed by atoms with Crippen molar-refractivity contribution in [1.82, 2.24) is 4.98 Å². The van der Waals surface area contributed by atoms with E-state index in [-0.39, 0.29) is 11.8 Å². The van der Waals surface area contributed by atoms with Crippen LogP contribution in [-0.4, -0.2) is 22.8 Å². The molecule has 28 heavy (non-hydrogen) atoms. The average Bonchev–Trinajstić information content (AvgIpc) is 3.23. The highest BCUT2D eigenvalue weighted by atomic mass is 32.1. The van der Waals surface area contributed by atoms with Crippen molar-refractivity contribution in [3.8, 4) is 0 Å². The minimum Gasteiger partial charge on any atom is -0.368 e. The van der Waals surface area contributed by atoms with Gasteiger partial charge in [-0.2, -0.15) is 0 Å². The van der Waals surface area contributed by atoms with Crippen molar-refractivity contribution >= 4 is 29.0 Å². The molecule has 3 rings (SSSR count). The van der Waals surface area contributed by atoms with Crippen molar-refractivity contribution in [2.24, 2.45) is 11.7 Å². The van der Waals surface area contributed by atoms with Crippen LogP contribution in [0.3, 0.4) is 0 Å². The molecular formula is C22H23N3O2S. The molecule has 0 saturated heterocycles. The Morgan fingerprint density at radius 3 is 1.96 bits per heavy atom. The van der Waals surface area contributed by atoms with Crippen LogP contribution in [0.4, 0.5) is 5.82 Å². The maximum Gasteiger partial charge on any atom is 0.240 e. The van der Waals surface area contributed by atoms with Gasteiger partial charge in [-0.25, -0.2) is 4.98 Å². The molecular weight excluding hydrogens is 370 g/mol. The summed E-state index contributed by atoms with van der Waals surface area (Å²) < 4.78 is 0. The zero-order valence-electron chi connectivity index (χ0n) is 15.7. The molecule has 0 bridgehead atoms. The number of carbonyl (C=O) groups is 2. The lowest BCUT2D eigenvalue weighted by Gasteiger charge is -2.29. The van der Waals surface area contributed by atoms with Gasteiger partial charge in [0.05, 0.1) is 5.51 Å². The van der Waals surface area contributed by atoms with E-state index in [2.05, 4.69) is 4.98 Å². The average molecular weight is 394 g/mol. The summed E-state index contributed by atoms with van der Waals surface area (Å²) in [6.07, 6.45) is 1.14. The molecule has 1 unspecified atom stereocenters. The first-order chi connectivity index (χ1) is 13.6. The van der Waals surface area contributed by atoms with Gasteiger partial charge in [0.1, 0.15) is 11.9 Å². The maximum absolute atomic E-state index is 13.6. The van der Waals surface area contributed by atoms with Crippen LogP contribution >= 0.6 is 11.3 Å². The summed E-state index contributed by atoms with van der Waals surface area (Å²) in [7, 11) is 0. The fraction of sp³-hybridized carbons (Fsp3) is 0.227. The molecule has 1 aromatic heterocycles. The number of primary amides is 1. The molecule has 2 aromatic carbocycles. The molecule has 0 radical (unpaired) electrons. The molecule has 6 heteroatoms. The summed E-state index contributed by atoms with van der Waals surface area (Å²) in [6, 6.07) is 19.0. The van der Waals surface area contributed by atoms with Gasteiger partial charge < -0.3 is 5.73 Å². The molecule has 0 saturated carbocycles. The Hall–Kier alpha value is -2.99. The Bertz CT molecular complexity index is 857. The van der Waals surface area contributed by atoms with Crippen LogP contribution in [0.15, 0.2) is 71.6 Å².